The standard InChI is InChI=1S/C14H19N5S2/c1-3-6-19-7-4-10(5-8-19)17-12-11-13(16-9-15-12)18-14(20-2)21-11/h3,9-10H,1,4-8H2,2H3,(H,15,16,17). The SMILES string of the molecule is C=CCN1CCC(Nc2ncnc3nc(SC)sc23)CC1. The summed E-state index contributed by atoms with van der Waals surface area (Å²) in [5.41, 5.74) is 0.797. The fourth-order valence-corrected chi connectivity index (χ4v) is 4.03. The van der Waals surface area contributed by atoms with Gasteiger partial charge in [-0.15, -0.1) is 17.9 Å². The number of fused-ring (bicyclic) bond motifs is 1. The zero-order valence-electron chi connectivity index (χ0n) is 12.1. The van der Waals surface area contributed by atoms with Crippen molar-refractivity contribution in [2.75, 3.05) is 31.2 Å². The van der Waals surface area contributed by atoms with E-state index in [9.17, 15) is 0 Å². The molecule has 0 saturated carbocycles. The van der Waals surface area contributed by atoms with Crippen molar-refractivity contribution in [1.29, 1.82) is 0 Å². The largest absolute Gasteiger partial charge is 0.366 e. The average molecular weight is 321 g/mol. The van der Waals surface area contributed by atoms with Crippen molar-refractivity contribution in [3.05, 3.63) is 19.0 Å². The van der Waals surface area contributed by atoms with Crippen LogP contribution in [0, 0.1) is 0 Å². The number of aromatic nitrogens is 3. The van der Waals surface area contributed by atoms with Crippen LogP contribution in [0.25, 0.3) is 10.3 Å². The summed E-state index contributed by atoms with van der Waals surface area (Å²) in [7, 11) is 0. The Morgan fingerprint density at radius 3 is 3.00 bits per heavy atom. The molecule has 0 aliphatic carbocycles. The van der Waals surface area contributed by atoms with E-state index in [-0.39, 0.29) is 0 Å². The number of likely N-dealkylation sites (tertiary alicyclic amines) is 1. The van der Waals surface area contributed by atoms with Gasteiger partial charge in [0, 0.05) is 25.7 Å². The van der Waals surface area contributed by atoms with Crippen LogP contribution in [0.15, 0.2) is 23.3 Å². The summed E-state index contributed by atoms with van der Waals surface area (Å²) in [6, 6.07) is 0.476. The Labute approximate surface area is 132 Å². The maximum atomic E-state index is 4.49. The fourth-order valence-electron chi connectivity index (χ4n) is 2.56. The van der Waals surface area contributed by atoms with Crippen LogP contribution in [0.1, 0.15) is 12.8 Å². The molecule has 3 rings (SSSR count). The molecular formula is C14H19N5S2. The van der Waals surface area contributed by atoms with Gasteiger partial charge in [-0.2, -0.15) is 0 Å². The molecule has 0 spiro atoms. The zero-order chi connectivity index (χ0) is 14.7. The van der Waals surface area contributed by atoms with E-state index in [4.69, 9.17) is 0 Å². The number of nitrogens with zero attached hydrogens (tertiary/aromatic N) is 4. The molecule has 21 heavy (non-hydrogen) atoms. The smallest absolute Gasteiger partial charge is 0.176 e. The second-order valence-corrected chi connectivity index (χ2v) is 7.12. The minimum atomic E-state index is 0.476. The van der Waals surface area contributed by atoms with Crippen LogP contribution in [-0.2, 0) is 0 Å². The second kappa shape index (κ2) is 6.72. The number of hydrogen-bond acceptors (Lipinski definition) is 7. The van der Waals surface area contributed by atoms with Crippen LogP contribution in [0.4, 0.5) is 5.82 Å². The van der Waals surface area contributed by atoms with Crippen molar-refractivity contribution in [2.24, 2.45) is 0 Å². The molecule has 112 valence electrons. The van der Waals surface area contributed by atoms with E-state index in [1.165, 1.54) is 0 Å². The molecule has 5 nitrogen and oxygen atoms in total. The predicted octanol–water partition coefficient (Wildman–Crippen LogP) is 2.87. The summed E-state index contributed by atoms with van der Waals surface area (Å²) in [5, 5.41) is 3.58. The molecule has 7 heteroatoms. The van der Waals surface area contributed by atoms with Gasteiger partial charge >= 0.3 is 0 Å². The molecule has 1 fully saturated rings. The molecule has 3 heterocycles. The lowest BCUT2D eigenvalue weighted by Gasteiger charge is -2.31. The first-order chi connectivity index (χ1) is 10.3. The lowest BCUT2D eigenvalue weighted by molar-refractivity contribution is 0.240. The van der Waals surface area contributed by atoms with Crippen molar-refractivity contribution < 1.29 is 0 Å². The Morgan fingerprint density at radius 1 is 1.48 bits per heavy atom. The third-order valence-corrected chi connectivity index (χ3v) is 5.70. The Hall–Kier alpha value is -1.18. The molecule has 0 atom stereocenters. The number of piperidine rings is 1. The van der Waals surface area contributed by atoms with Gasteiger partial charge < -0.3 is 5.32 Å². The molecule has 1 aliphatic heterocycles. The van der Waals surface area contributed by atoms with Crippen molar-refractivity contribution >= 4 is 39.3 Å². The minimum absolute atomic E-state index is 0.476. The van der Waals surface area contributed by atoms with E-state index >= 15 is 0 Å². The van der Waals surface area contributed by atoms with Gasteiger partial charge in [-0.1, -0.05) is 17.8 Å². The molecule has 2 aromatic rings. The molecule has 2 aromatic heterocycles. The summed E-state index contributed by atoms with van der Waals surface area (Å²) in [6.07, 6.45) is 7.87. The predicted molar refractivity (Wildman–Crippen MR) is 90.3 cm³/mol. The molecule has 0 unspecified atom stereocenters. The number of rotatable bonds is 5. The highest BCUT2D eigenvalue weighted by Crippen LogP contribution is 2.31. The van der Waals surface area contributed by atoms with E-state index in [2.05, 4.69) is 31.7 Å². The van der Waals surface area contributed by atoms with Gasteiger partial charge in [0.25, 0.3) is 0 Å². The van der Waals surface area contributed by atoms with Crippen LogP contribution in [0.2, 0.25) is 0 Å². The first-order valence-corrected chi connectivity index (χ1v) is 9.09. The summed E-state index contributed by atoms with van der Waals surface area (Å²) in [4.78, 5) is 15.6. The Morgan fingerprint density at radius 2 is 2.29 bits per heavy atom. The van der Waals surface area contributed by atoms with Crippen LogP contribution >= 0.6 is 23.1 Å². The van der Waals surface area contributed by atoms with Crippen LogP contribution < -0.4 is 5.32 Å². The number of thioether (sulfide) groups is 1. The van der Waals surface area contributed by atoms with Crippen LogP contribution in [0.5, 0.6) is 0 Å². The Balaban J connectivity index is 1.71. The molecule has 0 bridgehead atoms. The van der Waals surface area contributed by atoms with Gasteiger partial charge in [-0.05, 0) is 19.1 Å². The van der Waals surface area contributed by atoms with Gasteiger partial charge in [-0.25, -0.2) is 15.0 Å². The third-order valence-electron chi connectivity index (χ3n) is 3.66. The van der Waals surface area contributed by atoms with Crippen molar-refractivity contribution in [2.45, 2.75) is 23.2 Å². The third kappa shape index (κ3) is 3.36. The van der Waals surface area contributed by atoms with Crippen molar-refractivity contribution in [3.63, 3.8) is 0 Å². The maximum Gasteiger partial charge on any atom is 0.176 e. The summed E-state index contributed by atoms with van der Waals surface area (Å²) in [6.45, 7) is 7.00. The normalized spacial score (nSPS) is 17.2. The zero-order valence-corrected chi connectivity index (χ0v) is 13.7. The van der Waals surface area contributed by atoms with Crippen LogP contribution in [-0.4, -0.2) is 51.8 Å². The van der Waals surface area contributed by atoms with Crippen LogP contribution in [0.3, 0.4) is 0 Å². The van der Waals surface area contributed by atoms with Gasteiger partial charge in [0.1, 0.15) is 16.8 Å². The molecule has 0 radical (unpaired) electrons. The average Bonchev–Trinajstić information content (AvgIpc) is 2.94. The summed E-state index contributed by atoms with van der Waals surface area (Å²) < 4.78 is 2.10. The second-order valence-electron chi connectivity index (χ2n) is 5.07. The topological polar surface area (TPSA) is 53.9 Å². The maximum absolute atomic E-state index is 4.49. The van der Waals surface area contributed by atoms with E-state index in [0.717, 1.165) is 53.0 Å². The molecule has 0 aromatic carbocycles. The van der Waals surface area contributed by atoms with Gasteiger partial charge in [0.15, 0.2) is 9.99 Å². The number of nitrogens with one attached hydrogen (secondary N) is 1. The molecule has 1 saturated heterocycles. The first-order valence-electron chi connectivity index (χ1n) is 7.05. The number of anilines is 1. The molecule has 0 amide bonds. The summed E-state index contributed by atoms with van der Waals surface area (Å²) in [5.74, 6) is 0.931. The lowest BCUT2D eigenvalue weighted by Crippen LogP contribution is -2.39. The summed E-state index contributed by atoms with van der Waals surface area (Å²) >= 11 is 3.31. The van der Waals surface area contributed by atoms with E-state index < -0.39 is 0 Å². The van der Waals surface area contributed by atoms with E-state index in [1.807, 2.05) is 12.3 Å². The quantitative estimate of drug-likeness (QED) is 0.675. The lowest BCUT2D eigenvalue weighted by atomic mass is 10.1. The van der Waals surface area contributed by atoms with Gasteiger partial charge in [0.05, 0.1) is 0 Å². The van der Waals surface area contributed by atoms with E-state index in [1.54, 1.807) is 29.4 Å². The minimum Gasteiger partial charge on any atom is -0.366 e. The molecular weight excluding hydrogens is 302 g/mol. The number of hydrogen-bond donors (Lipinski definition) is 1. The van der Waals surface area contributed by atoms with Crippen molar-refractivity contribution in [1.82, 2.24) is 19.9 Å². The Bertz CT molecular complexity index is 619. The Kier molecular flexibility index (Phi) is 4.72. The van der Waals surface area contributed by atoms with Gasteiger partial charge in [-0.3, -0.25) is 4.90 Å². The van der Waals surface area contributed by atoms with E-state index in [0.29, 0.717) is 6.04 Å². The molecule has 1 N–H and O–H groups in total. The van der Waals surface area contributed by atoms with Gasteiger partial charge in [0.2, 0.25) is 0 Å². The van der Waals surface area contributed by atoms with Crippen molar-refractivity contribution in [3.8, 4) is 0 Å². The highest BCUT2D eigenvalue weighted by molar-refractivity contribution is 8.00. The monoisotopic (exact) mass is 321 g/mol. The first kappa shape index (κ1) is 14.7. The highest BCUT2D eigenvalue weighted by atomic mass is 32.2. The fraction of sp³-hybridized carbons (Fsp3) is 0.500. The highest BCUT2D eigenvalue weighted by Gasteiger charge is 2.20. The number of thiazole rings is 1. The molecule has 1 aliphatic rings.